The fraction of sp³-hybridized carbons (Fsp3) is 0.385. The molecule has 1 atom stereocenters. The van der Waals surface area contributed by atoms with Gasteiger partial charge in [-0.3, -0.25) is 4.72 Å². The maximum absolute atomic E-state index is 14.6. The highest BCUT2D eigenvalue weighted by molar-refractivity contribution is 7.92. The Hall–Kier alpha value is -3.25. The van der Waals surface area contributed by atoms with Gasteiger partial charge in [0.25, 0.3) is 10.0 Å². The van der Waals surface area contributed by atoms with Crippen molar-refractivity contribution in [3.8, 4) is 0 Å². The van der Waals surface area contributed by atoms with Crippen LogP contribution in [-0.2, 0) is 22.6 Å². The van der Waals surface area contributed by atoms with Crippen LogP contribution in [0.4, 0.5) is 29.1 Å². The molecule has 0 radical (unpaired) electrons. The summed E-state index contributed by atoms with van der Waals surface area (Å²) in [5.41, 5.74) is 1.03. The van der Waals surface area contributed by atoms with E-state index in [1.54, 1.807) is 6.07 Å². The van der Waals surface area contributed by atoms with Crippen molar-refractivity contribution in [3.05, 3.63) is 78.0 Å². The van der Waals surface area contributed by atoms with Crippen LogP contribution in [0, 0.1) is 5.82 Å². The Morgan fingerprint density at radius 3 is 2.37 bits per heavy atom. The number of hydrogen-bond donors (Lipinski definition) is 1. The molecule has 0 aliphatic carbocycles. The minimum Gasteiger partial charge on any atom is -0.370 e. The molecule has 1 unspecified atom stereocenters. The van der Waals surface area contributed by atoms with Crippen LogP contribution < -0.4 is 9.62 Å². The number of rotatable bonds is 6. The minimum atomic E-state index is -4.22. The van der Waals surface area contributed by atoms with Crippen LogP contribution in [0.15, 0.2) is 66.0 Å². The van der Waals surface area contributed by atoms with E-state index in [9.17, 15) is 26.0 Å². The maximum Gasteiger partial charge on any atom is 0.416 e. The fourth-order valence-electron chi connectivity index (χ4n) is 3.99. The lowest BCUT2D eigenvalue weighted by Crippen LogP contribution is -2.45. The van der Waals surface area contributed by atoms with Crippen LogP contribution in [0.5, 0.6) is 0 Å². The number of halogens is 4. The second-order valence-electron chi connectivity index (χ2n) is 9.07. The number of aromatic nitrogens is 2. The number of piperidine rings is 1. The van der Waals surface area contributed by atoms with E-state index in [1.807, 2.05) is 21.0 Å². The summed E-state index contributed by atoms with van der Waals surface area (Å²) in [6.07, 6.45) is 1.28. The maximum atomic E-state index is 14.6. The van der Waals surface area contributed by atoms with Gasteiger partial charge < -0.3 is 9.80 Å². The quantitative estimate of drug-likeness (QED) is 0.422. The van der Waals surface area contributed by atoms with Crippen LogP contribution in [-0.4, -0.2) is 56.5 Å². The number of benzene rings is 2. The highest BCUT2D eigenvalue weighted by Gasteiger charge is 2.29. The number of nitrogens with one attached hydrogen (secondary N) is 1. The second-order valence-corrected chi connectivity index (χ2v) is 10.7. The average molecular weight is 554 g/mol. The third-order valence-corrected chi connectivity index (χ3v) is 7.60. The lowest BCUT2D eigenvalue weighted by Gasteiger charge is -2.37. The third-order valence-electron chi connectivity index (χ3n) is 6.21. The number of likely N-dealkylation sites (N-methyl/N-ethyl adjacent to an activating group) is 1. The molecule has 1 aliphatic rings. The van der Waals surface area contributed by atoms with Crippen molar-refractivity contribution in [2.45, 2.75) is 43.3 Å². The van der Waals surface area contributed by atoms with Gasteiger partial charge in [0.2, 0.25) is 0 Å². The molecule has 3 aromatic rings. The summed E-state index contributed by atoms with van der Waals surface area (Å²) in [6, 6.07) is 11.3. The highest BCUT2D eigenvalue weighted by Crippen LogP contribution is 2.29. The predicted molar refractivity (Wildman–Crippen MR) is 139 cm³/mol. The lowest BCUT2D eigenvalue weighted by molar-refractivity contribution is -0.137. The van der Waals surface area contributed by atoms with Gasteiger partial charge in [-0.1, -0.05) is 19.1 Å². The van der Waals surface area contributed by atoms with E-state index in [0.29, 0.717) is 11.7 Å². The molecule has 206 valence electrons. The van der Waals surface area contributed by atoms with Crippen molar-refractivity contribution in [3.63, 3.8) is 0 Å². The van der Waals surface area contributed by atoms with E-state index in [0.717, 1.165) is 50.0 Å². The normalized spacial score (nSPS) is 16.1. The molecule has 4 rings (SSSR count). The largest absolute Gasteiger partial charge is 0.416 e. The Morgan fingerprint density at radius 2 is 1.82 bits per heavy atom. The molecule has 2 heterocycles. The monoisotopic (exact) mass is 553 g/mol. The molecule has 0 saturated carbocycles. The van der Waals surface area contributed by atoms with Crippen LogP contribution in [0.25, 0.3) is 0 Å². The topological polar surface area (TPSA) is 78.4 Å². The zero-order valence-electron chi connectivity index (χ0n) is 21.4. The van der Waals surface area contributed by atoms with E-state index in [-0.39, 0.29) is 5.82 Å². The van der Waals surface area contributed by atoms with E-state index in [1.165, 1.54) is 42.9 Å². The number of hydrogen-bond acceptors (Lipinski definition) is 6. The first kappa shape index (κ1) is 29.3. The Balaban J connectivity index is 0.000000279. The fourth-order valence-corrected chi connectivity index (χ4v) is 5.06. The van der Waals surface area contributed by atoms with Crippen molar-refractivity contribution in [2.24, 2.45) is 0 Å². The van der Waals surface area contributed by atoms with E-state index in [4.69, 9.17) is 0 Å². The number of sulfonamides is 1. The standard InChI is InChI=1S/C17H22FN5O2S.C9H9F3/c1-22(2)14-4-3-9-23(11-14)13-5-6-16(15(18)10-13)26(24,25)21-17-7-8-19-12-20-17;1-2-7-3-5-8(6-4-7)9(10,11)12/h5-8,10,12,14H,3-4,9,11H2,1-2H3,(H,19,20,21);3-6H,2H2,1H3. The summed E-state index contributed by atoms with van der Waals surface area (Å²) in [5, 5.41) is 0. The summed E-state index contributed by atoms with van der Waals surface area (Å²) in [7, 11) is 0.00424. The van der Waals surface area contributed by atoms with Crippen molar-refractivity contribution >= 4 is 21.5 Å². The van der Waals surface area contributed by atoms with Gasteiger partial charge >= 0.3 is 6.18 Å². The molecular weight excluding hydrogens is 522 g/mol. The van der Waals surface area contributed by atoms with Crippen molar-refractivity contribution in [1.82, 2.24) is 14.9 Å². The molecule has 0 bridgehead atoms. The Kier molecular flexibility index (Phi) is 9.66. The Bertz CT molecular complexity index is 1290. The first-order valence-electron chi connectivity index (χ1n) is 12.1. The summed E-state index contributed by atoms with van der Waals surface area (Å²) < 4.78 is 77.7. The molecular formula is C26H31F4N5O2S. The minimum absolute atomic E-state index is 0.0910. The smallest absolute Gasteiger partial charge is 0.370 e. The first-order valence-corrected chi connectivity index (χ1v) is 13.5. The first-order chi connectivity index (χ1) is 17.9. The van der Waals surface area contributed by atoms with Crippen molar-refractivity contribution < 1.29 is 26.0 Å². The van der Waals surface area contributed by atoms with Crippen LogP contribution in [0.3, 0.4) is 0 Å². The summed E-state index contributed by atoms with van der Waals surface area (Å²) >= 11 is 0. The van der Waals surface area contributed by atoms with Gasteiger partial charge in [-0.25, -0.2) is 22.8 Å². The van der Waals surface area contributed by atoms with E-state index >= 15 is 0 Å². The molecule has 7 nitrogen and oxygen atoms in total. The van der Waals surface area contributed by atoms with Gasteiger partial charge in [0, 0.05) is 31.0 Å². The molecule has 0 spiro atoms. The molecule has 12 heteroatoms. The molecule has 1 N–H and O–H groups in total. The van der Waals surface area contributed by atoms with Crippen LogP contribution in [0.1, 0.15) is 30.9 Å². The van der Waals surface area contributed by atoms with Gasteiger partial charge in [-0.2, -0.15) is 13.2 Å². The Morgan fingerprint density at radius 1 is 1.11 bits per heavy atom. The Labute approximate surface area is 220 Å². The summed E-state index contributed by atoms with van der Waals surface area (Å²) in [5.74, 6) is -0.690. The molecule has 0 amide bonds. The molecule has 1 aromatic heterocycles. The molecule has 1 aliphatic heterocycles. The zero-order chi connectivity index (χ0) is 27.9. The van der Waals surface area contributed by atoms with Gasteiger partial charge in [-0.15, -0.1) is 0 Å². The van der Waals surface area contributed by atoms with Crippen LogP contribution >= 0.6 is 0 Å². The number of nitrogens with zero attached hydrogens (tertiary/aromatic N) is 4. The summed E-state index contributed by atoms with van der Waals surface area (Å²) in [6.45, 7) is 3.52. The third kappa shape index (κ3) is 7.87. The number of alkyl halides is 3. The molecule has 1 fully saturated rings. The van der Waals surface area contributed by atoms with E-state index in [2.05, 4.69) is 24.5 Å². The zero-order valence-corrected chi connectivity index (χ0v) is 22.2. The van der Waals surface area contributed by atoms with Gasteiger partial charge in [0.05, 0.1) is 5.56 Å². The predicted octanol–water partition coefficient (Wildman–Crippen LogP) is 5.21. The summed E-state index contributed by atoms with van der Waals surface area (Å²) in [4.78, 5) is 11.4. The molecule has 1 saturated heterocycles. The highest BCUT2D eigenvalue weighted by atomic mass is 32.2. The SMILES string of the molecule is CCc1ccc(C(F)(F)F)cc1.CN(C)C1CCCN(c2ccc(S(=O)(=O)Nc3ccncn3)c(F)c2)C1. The van der Waals surface area contributed by atoms with Gasteiger partial charge in [-0.05, 0) is 75.3 Å². The number of anilines is 2. The van der Waals surface area contributed by atoms with Gasteiger partial charge in [0.15, 0.2) is 0 Å². The second kappa shape index (κ2) is 12.5. The lowest BCUT2D eigenvalue weighted by atomic mass is 10.0. The molecule has 38 heavy (non-hydrogen) atoms. The van der Waals surface area contributed by atoms with Gasteiger partial charge in [0.1, 0.15) is 22.9 Å². The molecule has 2 aromatic carbocycles. The number of aryl methyl sites for hydroxylation is 1. The average Bonchev–Trinajstić information content (AvgIpc) is 2.89. The van der Waals surface area contributed by atoms with Crippen molar-refractivity contribution in [2.75, 3.05) is 36.8 Å². The van der Waals surface area contributed by atoms with E-state index < -0.39 is 32.5 Å². The van der Waals surface area contributed by atoms with Crippen molar-refractivity contribution in [1.29, 1.82) is 0 Å². The van der Waals surface area contributed by atoms with Crippen LogP contribution in [0.2, 0.25) is 0 Å².